The number of aliphatic hydroxyl groups is 1. The molecular weight excluding hydrogens is 344 g/mol. The second kappa shape index (κ2) is 8.09. The SMILES string of the molecule is O=C(NCC1CNCC1O)C1CCN(C(=O)c2ccc(F)cc2F)CC1. The van der Waals surface area contributed by atoms with Crippen molar-refractivity contribution in [1.29, 1.82) is 0 Å². The summed E-state index contributed by atoms with van der Waals surface area (Å²) in [6.45, 7) is 2.34. The van der Waals surface area contributed by atoms with E-state index in [0.717, 1.165) is 12.1 Å². The fourth-order valence-electron chi connectivity index (χ4n) is 3.48. The summed E-state index contributed by atoms with van der Waals surface area (Å²) in [5.74, 6) is -2.35. The molecule has 0 spiro atoms. The van der Waals surface area contributed by atoms with Crippen LogP contribution in [-0.4, -0.2) is 60.6 Å². The Morgan fingerprint density at radius 3 is 2.58 bits per heavy atom. The van der Waals surface area contributed by atoms with E-state index in [2.05, 4.69) is 10.6 Å². The molecule has 2 saturated heterocycles. The van der Waals surface area contributed by atoms with Gasteiger partial charge in [0.1, 0.15) is 11.6 Å². The number of hydrogen-bond acceptors (Lipinski definition) is 4. The van der Waals surface area contributed by atoms with Gasteiger partial charge < -0.3 is 20.6 Å². The first kappa shape index (κ1) is 18.7. The maximum atomic E-state index is 13.8. The number of rotatable bonds is 4. The molecule has 1 aromatic rings. The monoisotopic (exact) mass is 367 g/mol. The number of nitrogens with zero attached hydrogens (tertiary/aromatic N) is 1. The highest BCUT2D eigenvalue weighted by Gasteiger charge is 2.30. The normalized spacial score (nSPS) is 23.9. The Hall–Kier alpha value is -2.06. The van der Waals surface area contributed by atoms with E-state index in [4.69, 9.17) is 0 Å². The molecule has 3 rings (SSSR count). The van der Waals surface area contributed by atoms with E-state index in [9.17, 15) is 23.5 Å². The molecule has 26 heavy (non-hydrogen) atoms. The number of halogens is 2. The second-order valence-electron chi connectivity index (χ2n) is 6.92. The number of aliphatic hydroxyl groups excluding tert-OH is 1. The molecule has 2 amide bonds. The first-order valence-corrected chi connectivity index (χ1v) is 8.86. The number of hydrogen-bond donors (Lipinski definition) is 3. The molecule has 6 nitrogen and oxygen atoms in total. The van der Waals surface area contributed by atoms with Crippen molar-refractivity contribution in [2.75, 3.05) is 32.7 Å². The third-order valence-corrected chi connectivity index (χ3v) is 5.16. The number of carbonyl (C=O) groups is 2. The van der Waals surface area contributed by atoms with Gasteiger partial charge in [-0.1, -0.05) is 0 Å². The molecule has 142 valence electrons. The first-order valence-electron chi connectivity index (χ1n) is 8.86. The minimum absolute atomic E-state index is 0.0158. The molecule has 0 aromatic heterocycles. The maximum absolute atomic E-state index is 13.8. The van der Waals surface area contributed by atoms with E-state index in [-0.39, 0.29) is 23.3 Å². The zero-order valence-corrected chi connectivity index (χ0v) is 14.4. The molecular formula is C18H23F2N3O3. The van der Waals surface area contributed by atoms with Crippen LogP contribution in [0.25, 0.3) is 0 Å². The standard InChI is InChI=1S/C18H23F2N3O3/c19-13-1-2-14(15(20)7-13)18(26)23-5-3-11(4-6-23)17(25)22-9-12-8-21-10-16(12)24/h1-2,7,11-12,16,21,24H,3-6,8-10H2,(H,22,25). The molecule has 0 bridgehead atoms. The summed E-state index contributed by atoms with van der Waals surface area (Å²) >= 11 is 0. The minimum Gasteiger partial charge on any atom is -0.391 e. The Labute approximate surface area is 150 Å². The summed E-state index contributed by atoms with van der Waals surface area (Å²) in [5, 5.41) is 15.7. The van der Waals surface area contributed by atoms with Crippen molar-refractivity contribution in [2.24, 2.45) is 11.8 Å². The number of β-amino-alcohol motifs (C(OH)–C–C–N with tert-alkyl or cyclic N) is 1. The molecule has 0 aliphatic carbocycles. The molecule has 2 aliphatic heterocycles. The van der Waals surface area contributed by atoms with Gasteiger partial charge in [-0.2, -0.15) is 0 Å². The number of nitrogens with one attached hydrogen (secondary N) is 2. The third kappa shape index (κ3) is 4.19. The van der Waals surface area contributed by atoms with Gasteiger partial charge in [0, 0.05) is 50.6 Å². The lowest BCUT2D eigenvalue weighted by atomic mass is 9.95. The lowest BCUT2D eigenvalue weighted by Crippen LogP contribution is -2.44. The van der Waals surface area contributed by atoms with E-state index < -0.39 is 23.6 Å². The number of benzene rings is 1. The quantitative estimate of drug-likeness (QED) is 0.725. The van der Waals surface area contributed by atoms with Crippen molar-refractivity contribution >= 4 is 11.8 Å². The zero-order valence-electron chi connectivity index (χ0n) is 14.4. The summed E-state index contributed by atoms with van der Waals surface area (Å²) in [6.07, 6.45) is 0.540. The van der Waals surface area contributed by atoms with Crippen LogP contribution < -0.4 is 10.6 Å². The van der Waals surface area contributed by atoms with Gasteiger partial charge in [0.25, 0.3) is 5.91 Å². The van der Waals surface area contributed by atoms with Gasteiger partial charge in [0.05, 0.1) is 11.7 Å². The summed E-state index contributed by atoms with van der Waals surface area (Å²) in [7, 11) is 0. The number of likely N-dealkylation sites (tertiary alicyclic amines) is 1. The van der Waals surface area contributed by atoms with Crippen LogP contribution in [0.15, 0.2) is 18.2 Å². The van der Waals surface area contributed by atoms with Gasteiger partial charge in [-0.3, -0.25) is 9.59 Å². The molecule has 2 unspecified atom stereocenters. The van der Waals surface area contributed by atoms with Gasteiger partial charge in [-0.25, -0.2) is 8.78 Å². The minimum atomic E-state index is -0.876. The predicted octanol–water partition coefficient (Wildman–Crippen LogP) is 0.514. The van der Waals surface area contributed by atoms with Crippen LogP contribution in [0.4, 0.5) is 8.78 Å². The Morgan fingerprint density at radius 2 is 1.96 bits per heavy atom. The summed E-state index contributed by atoms with van der Waals surface area (Å²) in [4.78, 5) is 26.1. The molecule has 2 aliphatic rings. The van der Waals surface area contributed by atoms with Crippen molar-refractivity contribution in [1.82, 2.24) is 15.5 Å². The molecule has 0 saturated carbocycles. The van der Waals surface area contributed by atoms with Crippen molar-refractivity contribution in [3.63, 3.8) is 0 Å². The second-order valence-corrected chi connectivity index (χ2v) is 6.92. The van der Waals surface area contributed by atoms with Crippen LogP contribution >= 0.6 is 0 Å². The highest BCUT2D eigenvalue weighted by molar-refractivity contribution is 5.94. The molecule has 3 N–H and O–H groups in total. The summed E-state index contributed by atoms with van der Waals surface area (Å²) in [6, 6.07) is 2.90. The van der Waals surface area contributed by atoms with Crippen molar-refractivity contribution < 1.29 is 23.5 Å². The van der Waals surface area contributed by atoms with Crippen molar-refractivity contribution in [3.05, 3.63) is 35.4 Å². The van der Waals surface area contributed by atoms with E-state index >= 15 is 0 Å². The Kier molecular flexibility index (Phi) is 5.83. The maximum Gasteiger partial charge on any atom is 0.256 e. The fourth-order valence-corrected chi connectivity index (χ4v) is 3.48. The van der Waals surface area contributed by atoms with E-state index in [1.165, 1.54) is 4.90 Å². The van der Waals surface area contributed by atoms with Gasteiger partial charge in [0.2, 0.25) is 5.91 Å². The molecule has 2 atom stereocenters. The van der Waals surface area contributed by atoms with Gasteiger partial charge in [-0.05, 0) is 25.0 Å². The van der Waals surface area contributed by atoms with Gasteiger partial charge >= 0.3 is 0 Å². The highest BCUT2D eigenvalue weighted by Crippen LogP contribution is 2.21. The Balaban J connectivity index is 1.49. The Morgan fingerprint density at radius 1 is 1.23 bits per heavy atom. The summed E-state index contributed by atoms with van der Waals surface area (Å²) < 4.78 is 26.7. The van der Waals surface area contributed by atoms with Gasteiger partial charge in [0.15, 0.2) is 0 Å². The highest BCUT2D eigenvalue weighted by atomic mass is 19.1. The van der Waals surface area contributed by atoms with Crippen LogP contribution in [-0.2, 0) is 4.79 Å². The lowest BCUT2D eigenvalue weighted by molar-refractivity contribution is -0.126. The average Bonchev–Trinajstić information content (AvgIpc) is 3.04. The van der Waals surface area contributed by atoms with E-state index in [0.29, 0.717) is 51.6 Å². The molecule has 2 fully saturated rings. The van der Waals surface area contributed by atoms with Crippen LogP contribution in [0, 0.1) is 23.5 Å². The molecule has 1 aromatic carbocycles. The first-order chi connectivity index (χ1) is 12.5. The largest absolute Gasteiger partial charge is 0.391 e. The number of piperidine rings is 1. The fraction of sp³-hybridized carbons (Fsp3) is 0.556. The average molecular weight is 367 g/mol. The van der Waals surface area contributed by atoms with Crippen molar-refractivity contribution in [2.45, 2.75) is 18.9 Å². The van der Waals surface area contributed by atoms with Crippen LogP contribution in [0.1, 0.15) is 23.2 Å². The molecule has 0 radical (unpaired) electrons. The Bertz CT molecular complexity index is 678. The van der Waals surface area contributed by atoms with Crippen LogP contribution in [0.2, 0.25) is 0 Å². The van der Waals surface area contributed by atoms with Crippen LogP contribution in [0.5, 0.6) is 0 Å². The molecule has 2 heterocycles. The zero-order chi connectivity index (χ0) is 18.7. The smallest absolute Gasteiger partial charge is 0.256 e. The van der Waals surface area contributed by atoms with Crippen molar-refractivity contribution in [3.8, 4) is 0 Å². The van der Waals surface area contributed by atoms with Crippen LogP contribution in [0.3, 0.4) is 0 Å². The van der Waals surface area contributed by atoms with Gasteiger partial charge in [-0.15, -0.1) is 0 Å². The number of amides is 2. The molecule has 8 heteroatoms. The number of carbonyl (C=O) groups excluding carboxylic acids is 2. The lowest BCUT2D eigenvalue weighted by Gasteiger charge is -2.31. The van der Waals surface area contributed by atoms with E-state index in [1.807, 2.05) is 0 Å². The third-order valence-electron chi connectivity index (χ3n) is 5.16. The topological polar surface area (TPSA) is 81.7 Å². The van der Waals surface area contributed by atoms with E-state index in [1.54, 1.807) is 0 Å². The predicted molar refractivity (Wildman–Crippen MR) is 90.4 cm³/mol. The summed E-state index contributed by atoms with van der Waals surface area (Å²) in [5.41, 5.74) is -0.156.